The van der Waals surface area contributed by atoms with Crippen LogP contribution in [0.25, 0.3) is 0 Å². The van der Waals surface area contributed by atoms with Gasteiger partial charge in [-0.05, 0) is 62.4 Å². The van der Waals surface area contributed by atoms with Gasteiger partial charge >= 0.3 is 0 Å². The molecule has 19 heavy (non-hydrogen) atoms. The van der Waals surface area contributed by atoms with E-state index >= 15 is 0 Å². The van der Waals surface area contributed by atoms with Crippen molar-refractivity contribution in [2.45, 2.75) is 39.0 Å². The maximum Gasteiger partial charge on any atom is 0.118 e. The smallest absolute Gasteiger partial charge is 0.118 e. The highest BCUT2D eigenvalue weighted by atomic mass is 16.5. The Morgan fingerprint density at radius 2 is 2.05 bits per heavy atom. The number of piperidine rings is 1. The van der Waals surface area contributed by atoms with Crippen LogP contribution in [0.5, 0.6) is 5.75 Å². The molecule has 1 atom stereocenters. The summed E-state index contributed by atoms with van der Waals surface area (Å²) in [5, 5.41) is 0. The summed E-state index contributed by atoms with van der Waals surface area (Å²) >= 11 is 0. The van der Waals surface area contributed by atoms with Gasteiger partial charge in [0.25, 0.3) is 0 Å². The Bertz CT molecular complexity index is 360. The molecule has 1 aliphatic heterocycles. The molecule has 0 amide bonds. The third-order valence-electron chi connectivity index (χ3n) is 4.28. The second-order valence-electron chi connectivity index (χ2n) is 5.67. The van der Waals surface area contributed by atoms with Gasteiger partial charge in [-0.15, -0.1) is 0 Å². The van der Waals surface area contributed by atoms with E-state index in [1.807, 2.05) is 0 Å². The molecule has 0 spiro atoms. The molecular formula is C17H27NO. The molecule has 2 rings (SSSR count). The van der Waals surface area contributed by atoms with Crippen LogP contribution < -0.4 is 4.74 Å². The van der Waals surface area contributed by atoms with E-state index in [9.17, 15) is 0 Å². The Hall–Kier alpha value is -1.02. The summed E-state index contributed by atoms with van der Waals surface area (Å²) in [6, 6.07) is 8.49. The van der Waals surface area contributed by atoms with E-state index in [2.05, 4.69) is 36.1 Å². The molecular weight excluding hydrogens is 234 g/mol. The molecule has 1 heterocycles. The predicted molar refractivity (Wildman–Crippen MR) is 80.8 cm³/mol. The number of hydrogen-bond acceptors (Lipinski definition) is 2. The lowest BCUT2D eigenvalue weighted by Gasteiger charge is -2.32. The summed E-state index contributed by atoms with van der Waals surface area (Å²) in [5.74, 6) is 1.89. The number of benzene rings is 1. The summed E-state index contributed by atoms with van der Waals surface area (Å²) in [4.78, 5) is 2.65. The summed E-state index contributed by atoms with van der Waals surface area (Å²) in [7, 11) is 1.72. The predicted octanol–water partition coefficient (Wildman–Crippen LogP) is 3.75. The van der Waals surface area contributed by atoms with Gasteiger partial charge in [-0.25, -0.2) is 0 Å². The third kappa shape index (κ3) is 4.54. The van der Waals surface area contributed by atoms with E-state index < -0.39 is 0 Å². The van der Waals surface area contributed by atoms with E-state index in [4.69, 9.17) is 4.74 Å². The molecule has 1 fully saturated rings. The van der Waals surface area contributed by atoms with Crippen LogP contribution >= 0.6 is 0 Å². The molecule has 0 aromatic heterocycles. The van der Waals surface area contributed by atoms with E-state index in [1.165, 1.54) is 57.3 Å². The minimum Gasteiger partial charge on any atom is -0.497 e. The van der Waals surface area contributed by atoms with Gasteiger partial charge < -0.3 is 9.64 Å². The Morgan fingerprint density at radius 3 is 2.74 bits per heavy atom. The van der Waals surface area contributed by atoms with Crippen molar-refractivity contribution in [2.75, 3.05) is 26.7 Å². The minimum absolute atomic E-state index is 0.940. The van der Waals surface area contributed by atoms with Crippen molar-refractivity contribution in [3.8, 4) is 5.75 Å². The van der Waals surface area contributed by atoms with Crippen molar-refractivity contribution in [3.05, 3.63) is 29.8 Å². The first-order valence-electron chi connectivity index (χ1n) is 7.67. The van der Waals surface area contributed by atoms with Crippen molar-refractivity contribution in [2.24, 2.45) is 5.92 Å². The molecule has 2 heteroatoms. The van der Waals surface area contributed by atoms with Crippen LogP contribution in [-0.4, -0.2) is 31.6 Å². The first kappa shape index (κ1) is 14.4. The van der Waals surface area contributed by atoms with Gasteiger partial charge in [0.05, 0.1) is 7.11 Å². The molecule has 1 aromatic rings. The van der Waals surface area contributed by atoms with E-state index in [-0.39, 0.29) is 0 Å². The Labute approximate surface area is 117 Å². The van der Waals surface area contributed by atoms with Crippen LogP contribution in [0, 0.1) is 5.92 Å². The zero-order valence-corrected chi connectivity index (χ0v) is 12.4. The lowest BCUT2D eigenvalue weighted by Crippen LogP contribution is -2.35. The van der Waals surface area contributed by atoms with E-state index in [0.717, 1.165) is 11.7 Å². The molecule has 106 valence electrons. The highest BCUT2D eigenvalue weighted by Crippen LogP contribution is 2.19. The highest BCUT2D eigenvalue weighted by molar-refractivity contribution is 5.27. The molecule has 2 nitrogen and oxygen atoms in total. The van der Waals surface area contributed by atoms with Crippen LogP contribution in [0.1, 0.15) is 38.2 Å². The summed E-state index contributed by atoms with van der Waals surface area (Å²) in [6.07, 6.45) is 6.61. The second kappa shape index (κ2) is 7.54. The Kier molecular flexibility index (Phi) is 5.71. The Balaban J connectivity index is 1.70. The fourth-order valence-electron chi connectivity index (χ4n) is 2.99. The topological polar surface area (TPSA) is 12.5 Å². The average molecular weight is 261 g/mol. The molecule has 0 bridgehead atoms. The van der Waals surface area contributed by atoms with Crippen molar-refractivity contribution in [1.29, 1.82) is 0 Å². The number of likely N-dealkylation sites (tertiary alicyclic amines) is 1. The maximum atomic E-state index is 5.18. The number of ether oxygens (including phenoxy) is 1. The van der Waals surface area contributed by atoms with Crippen LogP contribution in [0.15, 0.2) is 24.3 Å². The Morgan fingerprint density at radius 1 is 1.26 bits per heavy atom. The molecule has 1 aromatic carbocycles. The van der Waals surface area contributed by atoms with Crippen molar-refractivity contribution in [1.82, 2.24) is 4.90 Å². The number of rotatable bonds is 6. The molecule has 0 radical (unpaired) electrons. The number of aryl methyl sites for hydroxylation is 1. The number of nitrogens with zero attached hydrogens (tertiary/aromatic N) is 1. The lowest BCUT2D eigenvalue weighted by atomic mass is 9.95. The largest absolute Gasteiger partial charge is 0.497 e. The molecule has 1 unspecified atom stereocenters. The van der Waals surface area contributed by atoms with Crippen LogP contribution in [0.4, 0.5) is 0 Å². The lowest BCUT2D eigenvalue weighted by molar-refractivity contribution is 0.170. The van der Waals surface area contributed by atoms with Crippen molar-refractivity contribution in [3.63, 3.8) is 0 Å². The standard InChI is InChI=1S/C17H27NO/c1-3-15-6-4-12-18(14-15)13-5-7-16-8-10-17(19-2)11-9-16/h8-11,15H,3-7,12-14H2,1-2H3. The normalized spacial score (nSPS) is 20.4. The summed E-state index contributed by atoms with van der Waals surface area (Å²) in [6.45, 7) is 6.20. The highest BCUT2D eigenvalue weighted by Gasteiger charge is 2.17. The quantitative estimate of drug-likeness (QED) is 0.773. The van der Waals surface area contributed by atoms with Crippen LogP contribution in [-0.2, 0) is 6.42 Å². The van der Waals surface area contributed by atoms with Crippen molar-refractivity contribution < 1.29 is 4.74 Å². The van der Waals surface area contributed by atoms with Gasteiger partial charge in [0.2, 0.25) is 0 Å². The van der Waals surface area contributed by atoms with E-state index in [1.54, 1.807) is 7.11 Å². The zero-order valence-electron chi connectivity index (χ0n) is 12.4. The zero-order chi connectivity index (χ0) is 13.5. The molecule has 1 aliphatic rings. The van der Waals surface area contributed by atoms with E-state index in [0.29, 0.717) is 0 Å². The fraction of sp³-hybridized carbons (Fsp3) is 0.647. The second-order valence-corrected chi connectivity index (χ2v) is 5.67. The SMILES string of the molecule is CCC1CCCN(CCCc2ccc(OC)cc2)C1. The molecule has 0 aliphatic carbocycles. The maximum absolute atomic E-state index is 5.18. The van der Waals surface area contributed by atoms with Gasteiger partial charge in [-0.2, -0.15) is 0 Å². The minimum atomic E-state index is 0.940. The number of hydrogen-bond donors (Lipinski definition) is 0. The van der Waals surface area contributed by atoms with Crippen LogP contribution in [0.2, 0.25) is 0 Å². The molecule has 1 saturated heterocycles. The summed E-state index contributed by atoms with van der Waals surface area (Å²) < 4.78 is 5.18. The van der Waals surface area contributed by atoms with Gasteiger partial charge in [0.1, 0.15) is 5.75 Å². The van der Waals surface area contributed by atoms with Gasteiger partial charge in [-0.1, -0.05) is 25.5 Å². The average Bonchev–Trinajstić information content (AvgIpc) is 2.48. The monoisotopic (exact) mass is 261 g/mol. The molecule has 0 N–H and O–H groups in total. The first-order chi connectivity index (χ1) is 9.31. The van der Waals surface area contributed by atoms with Crippen LogP contribution in [0.3, 0.4) is 0 Å². The summed E-state index contributed by atoms with van der Waals surface area (Å²) in [5.41, 5.74) is 1.42. The molecule has 0 saturated carbocycles. The van der Waals surface area contributed by atoms with Gasteiger partial charge in [0, 0.05) is 6.54 Å². The third-order valence-corrected chi connectivity index (χ3v) is 4.28. The fourth-order valence-corrected chi connectivity index (χ4v) is 2.99. The first-order valence-corrected chi connectivity index (χ1v) is 7.67. The number of methoxy groups -OCH3 is 1. The van der Waals surface area contributed by atoms with Gasteiger partial charge in [0.15, 0.2) is 0 Å². The van der Waals surface area contributed by atoms with Crippen molar-refractivity contribution >= 4 is 0 Å². The van der Waals surface area contributed by atoms with Gasteiger partial charge in [-0.3, -0.25) is 0 Å².